The Morgan fingerprint density at radius 3 is 2.59 bits per heavy atom. The van der Waals surface area contributed by atoms with Crippen LogP contribution >= 0.6 is 0 Å². The van der Waals surface area contributed by atoms with Crippen LogP contribution in [0.2, 0.25) is 0 Å². The highest BCUT2D eigenvalue weighted by atomic mass is 16.2. The van der Waals surface area contributed by atoms with Crippen LogP contribution in [0.3, 0.4) is 0 Å². The number of hydrogen-bond donors (Lipinski definition) is 0. The van der Waals surface area contributed by atoms with Gasteiger partial charge in [-0.3, -0.25) is 19.2 Å². The second kappa shape index (κ2) is 4.90. The van der Waals surface area contributed by atoms with Crippen LogP contribution in [0.1, 0.15) is 25.5 Å². The molecule has 1 aromatic heterocycles. The van der Waals surface area contributed by atoms with Crippen molar-refractivity contribution in [3.8, 4) is 0 Å². The summed E-state index contributed by atoms with van der Waals surface area (Å²) in [6, 6.07) is 0. The van der Waals surface area contributed by atoms with E-state index >= 15 is 0 Å². The van der Waals surface area contributed by atoms with Gasteiger partial charge in [-0.15, -0.1) is 5.10 Å². The van der Waals surface area contributed by atoms with Crippen LogP contribution in [0.4, 0.5) is 0 Å². The first kappa shape index (κ1) is 11.5. The molecule has 0 bridgehead atoms. The number of amides is 2. The van der Waals surface area contributed by atoms with E-state index in [1.807, 2.05) is 0 Å². The van der Waals surface area contributed by atoms with Gasteiger partial charge in [-0.05, 0) is 6.42 Å². The van der Waals surface area contributed by atoms with E-state index in [1.54, 1.807) is 10.9 Å². The van der Waals surface area contributed by atoms with Gasteiger partial charge in [-0.1, -0.05) is 18.6 Å². The van der Waals surface area contributed by atoms with Crippen LogP contribution in [0, 0.1) is 0 Å². The van der Waals surface area contributed by atoms with Gasteiger partial charge in [0, 0.05) is 18.7 Å². The van der Waals surface area contributed by atoms with Gasteiger partial charge in [0.2, 0.25) is 0 Å². The molecule has 0 unspecified atom stereocenters. The maximum atomic E-state index is 11.3. The zero-order valence-corrected chi connectivity index (χ0v) is 9.67. The molecule has 0 N–H and O–H groups in total. The Hall–Kier alpha value is -1.98. The van der Waals surface area contributed by atoms with Gasteiger partial charge in [-0.2, -0.15) is 0 Å². The Labute approximate surface area is 98.9 Å². The van der Waals surface area contributed by atoms with E-state index in [9.17, 15) is 9.59 Å². The number of carbonyl (C=O) groups is 2. The average molecular weight is 234 g/mol. The van der Waals surface area contributed by atoms with Crippen LogP contribution in [-0.2, 0) is 22.7 Å². The zero-order valence-electron chi connectivity index (χ0n) is 9.67. The summed E-state index contributed by atoms with van der Waals surface area (Å²) in [6.45, 7) is 3.10. The molecule has 0 atom stereocenters. The summed E-state index contributed by atoms with van der Waals surface area (Å²) in [6.07, 6.45) is 6.43. The fourth-order valence-corrected chi connectivity index (χ4v) is 1.59. The van der Waals surface area contributed by atoms with Crippen molar-refractivity contribution in [3.05, 3.63) is 24.0 Å². The van der Waals surface area contributed by atoms with Crippen molar-refractivity contribution in [1.29, 1.82) is 0 Å². The van der Waals surface area contributed by atoms with E-state index in [0.717, 1.165) is 24.3 Å². The molecule has 2 amide bonds. The van der Waals surface area contributed by atoms with E-state index < -0.39 is 0 Å². The molecule has 6 heteroatoms. The van der Waals surface area contributed by atoms with Crippen molar-refractivity contribution in [2.45, 2.75) is 32.9 Å². The average Bonchev–Trinajstić information content (AvgIpc) is 2.88. The van der Waals surface area contributed by atoms with E-state index in [1.165, 1.54) is 12.2 Å². The summed E-state index contributed by atoms with van der Waals surface area (Å²) in [5, 5.41) is 7.88. The molecule has 0 saturated heterocycles. The Morgan fingerprint density at radius 2 is 1.94 bits per heavy atom. The van der Waals surface area contributed by atoms with Gasteiger partial charge in [-0.25, -0.2) is 0 Å². The molecule has 0 saturated carbocycles. The molecule has 6 nitrogen and oxygen atoms in total. The molecule has 1 aromatic rings. The van der Waals surface area contributed by atoms with E-state index in [4.69, 9.17) is 0 Å². The van der Waals surface area contributed by atoms with E-state index in [0.29, 0.717) is 5.69 Å². The Balaban J connectivity index is 1.97. The largest absolute Gasteiger partial charge is 0.269 e. The molecule has 0 radical (unpaired) electrons. The lowest BCUT2D eigenvalue weighted by Crippen LogP contribution is -2.29. The van der Waals surface area contributed by atoms with Gasteiger partial charge < -0.3 is 0 Å². The van der Waals surface area contributed by atoms with Crippen molar-refractivity contribution in [1.82, 2.24) is 19.9 Å². The smallest absolute Gasteiger partial charge is 0.253 e. The lowest BCUT2D eigenvalue weighted by Gasteiger charge is -2.10. The monoisotopic (exact) mass is 234 g/mol. The predicted molar refractivity (Wildman–Crippen MR) is 59.6 cm³/mol. The van der Waals surface area contributed by atoms with Gasteiger partial charge in [0.15, 0.2) is 0 Å². The van der Waals surface area contributed by atoms with Gasteiger partial charge >= 0.3 is 0 Å². The fraction of sp³-hybridized carbons (Fsp3) is 0.455. The summed E-state index contributed by atoms with van der Waals surface area (Å²) in [4.78, 5) is 23.8. The molecule has 90 valence electrons. The summed E-state index contributed by atoms with van der Waals surface area (Å²) in [5.41, 5.74) is 0.631. The highest BCUT2D eigenvalue weighted by Gasteiger charge is 2.24. The minimum Gasteiger partial charge on any atom is -0.269 e. The third-order valence-corrected chi connectivity index (χ3v) is 2.55. The van der Waals surface area contributed by atoms with E-state index in [-0.39, 0.29) is 18.4 Å². The number of nitrogens with zero attached hydrogens (tertiary/aromatic N) is 4. The molecule has 1 aliphatic rings. The number of rotatable bonds is 5. The lowest BCUT2D eigenvalue weighted by atomic mass is 10.3. The summed E-state index contributed by atoms with van der Waals surface area (Å²) >= 11 is 0. The predicted octanol–water partition coefficient (Wildman–Crippen LogP) is 0.503. The molecule has 0 fully saturated rings. The van der Waals surface area contributed by atoms with E-state index in [2.05, 4.69) is 17.2 Å². The third kappa shape index (κ3) is 2.58. The maximum Gasteiger partial charge on any atom is 0.253 e. The van der Waals surface area contributed by atoms with Crippen LogP contribution in [0.25, 0.3) is 0 Å². The van der Waals surface area contributed by atoms with Crippen molar-refractivity contribution in [2.24, 2.45) is 0 Å². The first-order chi connectivity index (χ1) is 8.20. The fourth-order valence-electron chi connectivity index (χ4n) is 1.59. The minimum absolute atomic E-state index is 0.191. The quantitative estimate of drug-likeness (QED) is 0.696. The van der Waals surface area contributed by atoms with Gasteiger partial charge in [0.25, 0.3) is 11.8 Å². The number of aromatic nitrogens is 3. The number of unbranched alkanes of at least 4 members (excludes halogenated alkanes) is 1. The number of carbonyl (C=O) groups excluding carboxylic acids is 2. The third-order valence-electron chi connectivity index (χ3n) is 2.55. The number of imide groups is 1. The van der Waals surface area contributed by atoms with Gasteiger partial charge in [0.05, 0.1) is 12.7 Å². The van der Waals surface area contributed by atoms with Crippen LogP contribution in [0.5, 0.6) is 0 Å². The molecule has 2 rings (SSSR count). The first-order valence-electron chi connectivity index (χ1n) is 5.63. The Kier molecular flexibility index (Phi) is 3.32. The van der Waals surface area contributed by atoms with Crippen LogP contribution in [0.15, 0.2) is 18.3 Å². The Bertz CT molecular complexity index is 446. The maximum absolute atomic E-state index is 11.3. The molecule has 0 aromatic carbocycles. The zero-order chi connectivity index (χ0) is 12.3. The van der Waals surface area contributed by atoms with Gasteiger partial charge in [0.1, 0.15) is 5.69 Å². The topological polar surface area (TPSA) is 68.1 Å². The molecular formula is C11H14N4O2. The molecule has 17 heavy (non-hydrogen) atoms. The van der Waals surface area contributed by atoms with Crippen LogP contribution < -0.4 is 0 Å². The van der Waals surface area contributed by atoms with Crippen molar-refractivity contribution in [3.63, 3.8) is 0 Å². The van der Waals surface area contributed by atoms with Crippen molar-refractivity contribution < 1.29 is 9.59 Å². The summed E-state index contributed by atoms with van der Waals surface area (Å²) < 4.78 is 1.73. The molecule has 1 aliphatic heterocycles. The Morgan fingerprint density at radius 1 is 1.24 bits per heavy atom. The summed E-state index contributed by atoms with van der Waals surface area (Å²) in [5.74, 6) is -0.587. The van der Waals surface area contributed by atoms with Crippen molar-refractivity contribution >= 4 is 11.8 Å². The standard InChI is InChI=1S/C11H14N4O2/c1-2-3-6-14-7-9(12-13-14)8-15-10(16)4-5-11(15)17/h4-5,7H,2-3,6,8H2,1H3. The van der Waals surface area contributed by atoms with Crippen LogP contribution in [-0.4, -0.2) is 31.7 Å². The highest BCUT2D eigenvalue weighted by molar-refractivity contribution is 6.12. The second-order valence-electron chi connectivity index (χ2n) is 3.92. The molecule has 2 heterocycles. The highest BCUT2D eigenvalue weighted by Crippen LogP contribution is 2.08. The molecular weight excluding hydrogens is 220 g/mol. The number of aryl methyl sites for hydroxylation is 1. The molecule has 0 spiro atoms. The second-order valence-corrected chi connectivity index (χ2v) is 3.92. The normalized spacial score (nSPS) is 15.0. The SMILES string of the molecule is CCCCn1cc(CN2C(=O)C=CC2=O)nn1. The summed E-state index contributed by atoms with van der Waals surface area (Å²) in [7, 11) is 0. The first-order valence-corrected chi connectivity index (χ1v) is 5.63. The van der Waals surface area contributed by atoms with Crippen molar-refractivity contribution in [2.75, 3.05) is 0 Å². The lowest BCUT2D eigenvalue weighted by molar-refractivity contribution is -0.137. The molecule has 0 aliphatic carbocycles. The minimum atomic E-state index is -0.293. The number of hydrogen-bond acceptors (Lipinski definition) is 4.